The van der Waals surface area contributed by atoms with Crippen LogP contribution in [0.1, 0.15) is 12.8 Å². The lowest BCUT2D eigenvalue weighted by molar-refractivity contribution is -0.205. The number of hydrogen-bond donors (Lipinski definition) is 4. The Hall–Kier alpha value is -0.320. The highest BCUT2D eigenvalue weighted by molar-refractivity contribution is 8.14. The summed E-state index contributed by atoms with van der Waals surface area (Å²) in [6.07, 6.45) is -4.03. The Morgan fingerprint density at radius 2 is 1.96 bits per heavy atom. The predicted molar refractivity (Wildman–Crippen MR) is 87.7 cm³/mol. The van der Waals surface area contributed by atoms with E-state index in [0.717, 1.165) is 0 Å². The molecule has 0 aromatic rings. The molecule has 1 saturated heterocycles. The molecule has 1 aliphatic rings. The molecule has 0 amide bonds. The lowest BCUT2D eigenvalue weighted by Gasteiger charge is -2.39. The predicted octanol–water partition coefficient (Wildman–Crippen LogP) is -2.53. The van der Waals surface area contributed by atoms with Gasteiger partial charge in [0.1, 0.15) is 34.9 Å². The molecule has 0 spiro atoms. The summed E-state index contributed by atoms with van der Waals surface area (Å²) in [6.45, 7) is -0.630. The third kappa shape index (κ3) is 7.84. The Morgan fingerprint density at radius 1 is 1.32 bits per heavy atom. The van der Waals surface area contributed by atoms with Crippen molar-refractivity contribution in [3.8, 4) is 0 Å². The van der Waals surface area contributed by atoms with Crippen LogP contribution in [0.2, 0.25) is 0 Å². The van der Waals surface area contributed by atoms with Crippen LogP contribution < -0.4 is 0 Å². The van der Waals surface area contributed by atoms with Crippen LogP contribution >= 0.6 is 11.8 Å². The number of nitrogens with zero attached hydrogens (tertiary/aromatic N) is 1. The van der Waals surface area contributed by atoms with Crippen molar-refractivity contribution in [2.75, 3.05) is 18.6 Å². The van der Waals surface area contributed by atoms with E-state index in [0.29, 0.717) is 18.2 Å². The van der Waals surface area contributed by atoms with E-state index in [9.17, 15) is 32.5 Å². The molecule has 4 N–H and O–H groups in total. The molecule has 6 atom stereocenters. The van der Waals surface area contributed by atoms with Crippen molar-refractivity contribution >= 4 is 38.0 Å². The van der Waals surface area contributed by atoms with Gasteiger partial charge in [-0.1, -0.05) is 16.9 Å². The Kier molecular flexibility index (Phi) is 9.20. The summed E-state index contributed by atoms with van der Waals surface area (Å²) < 4.78 is 51.8. The maximum absolute atomic E-state index is 11.1. The second kappa shape index (κ2) is 10.1. The van der Waals surface area contributed by atoms with Gasteiger partial charge in [-0.2, -0.15) is 8.42 Å². The second-order valence-corrected chi connectivity index (χ2v) is 8.86. The van der Waals surface area contributed by atoms with Gasteiger partial charge in [-0.15, -0.1) is 0 Å². The number of aliphatic hydroxyl groups excluding tert-OH is 4. The molecule has 25 heavy (non-hydrogen) atoms. The highest BCUT2D eigenvalue weighted by Crippen LogP contribution is 2.30. The number of hydrogen-bond acceptors (Lipinski definition) is 12. The third-order valence-corrected chi connectivity index (χ3v) is 5.45. The third-order valence-electron chi connectivity index (χ3n) is 3.15. The van der Waals surface area contributed by atoms with Crippen molar-refractivity contribution in [3.63, 3.8) is 0 Å². The van der Waals surface area contributed by atoms with E-state index in [4.69, 9.17) is 9.84 Å². The smallest absolute Gasteiger partial charge is 0.284 e. The minimum absolute atomic E-state index is 0.0609. The molecule has 0 saturated carbocycles. The molecule has 6 unspecified atom stereocenters. The highest BCUT2D eigenvalue weighted by Gasteiger charge is 2.44. The average Bonchev–Trinajstić information content (AvgIpc) is 2.51. The van der Waals surface area contributed by atoms with E-state index in [1.165, 1.54) is 6.26 Å². The summed E-state index contributed by atoms with van der Waals surface area (Å²) in [5, 5.41) is 41.7. The summed E-state index contributed by atoms with van der Waals surface area (Å²) in [5.41, 5.74) is -1.21. The minimum atomic E-state index is -5.09. The molecule has 1 aliphatic heterocycles. The number of oxime groups is 1. The fourth-order valence-electron chi connectivity index (χ4n) is 1.94. The molecule has 14 heteroatoms. The zero-order valence-electron chi connectivity index (χ0n) is 13.1. The van der Waals surface area contributed by atoms with Gasteiger partial charge in [-0.05, 0) is 6.42 Å². The summed E-state index contributed by atoms with van der Waals surface area (Å²) in [6, 6.07) is 0. The monoisotopic (exact) mass is 422 g/mol. The fraction of sp³-hybridized carbons (Fsp3) is 0.909. The SMILES string of the molecule is CS(=O)CCCC(=NOS(=O)(=O)[O-])SC1OC(CO)C(O)C(O)C1O. The van der Waals surface area contributed by atoms with E-state index < -0.39 is 57.7 Å². The first-order valence-corrected chi connectivity index (χ1v) is 11.0. The van der Waals surface area contributed by atoms with Crippen LogP contribution in [0, 0.1) is 0 Å². The summed E-state index contributed by atoms with van der Waals surface area (Å²) >= 11 is 0.659. The van der Waals surface area contributed by atoms with Gasteiger partial charge in [-0.25, -0.2) is 0 Å². The first-order chi connectivity index (χ1) is 11.5. The normalized spacial score (nSPS) is 32.4. The number of aliphatic hydroxyl groups is 4. The van der Waals surface area contributed by atoms with Crippen LogP contribution in [0.5, 0.6) is 0 Å². The van der Waals surface area contributed by atoms with Crippen molar-refractivity contribution in [3.05, 3.63) is 0 Å². The second-order valence-electron chi connectivity index (χ2n) is 5.16. The maximum atomic E-state index is 11.1. The molecule has 0 aromatic carbocycles. The lowest BCUT2D eigenvalue weighted by Crippen LogP contribution is -2.57. The standard InChI is InChI=1S/C11H21NO10S3/c1-24(17)4-2-3-7(12-22-25(18,19)20)23-11-10(16)9(15)8(14)6(5-13)21-11/h6,8-11,13-16H,2-5H2,1H3,(H,18,19,20)/p-1. The van der Waals surface area contributed by atoms with Gasteiger partial charge in [0.2, 0.25) is 0 Å². The zero-order chi connectivity index (χ0) is 19.2. The molecule has 148 valence electrons. The van der Waals surface area contributed by atoms with Gasteiger partial charge in [0.05, 0.1) is 6.61 Å². The minimum Gasteiger partial charge on any atom is -0.714 e. The van der Waals surface area contributed by atoms with Crippen molar-refractivity contribution < 1.29 is 46.6 Å². The van der Waals surface area contributed by atoms with Gasteiger partial charge in [0.25, 0.3) is 10.4 Å². The van der Waals surface area contributed by atoms with Gasteiger partial charge in [-0.3, -0.25) is 8.49 Å². The lowest BCUT2D eigenvalue weighted by atomic mass is 10.0. The van der Waals surface area contributed by atoms with Crippen LogP contribution in [0.15, 0.2) is 5.16 Å². The van der Waals surface area contributed by atoms with Crippen LogP contribution in [0.25, 0.3) is 0 Å². The first-order valence-electron chi connectivity index (χ1n) is 7.03. The van der Waals surface area contributed by atoms with Crippen LogP contribution in [-0.2, 0) is 30.2 Å². The molecule has 1 fully saturated rings. The van der Waals surface area contributed by atoms with E-state index in [2.05, 4.69) is 9.44 Å². The van der Waals surface area contributed by atoms with Crippen molar-refractivity contribution in [1.29, 1.82) is 0 Å². The van der Waals surface area contributed by atoms with E-state index in [1.54, 1.807) is 0 Å². The molecule has 0 radical (unpaired) electrons. The zero-order valence-corrected chi connectivity index (χ0v) is 15.6. The summed E-state index contributed by atoms with van der Waals surface area (Å²) in [5.74, 6) is 0.276. The van der Waals surface area contributed by atoms with Gasteiger partial charge in [0.15, 0.2) is 0 Å². The maximum Gasteiger partial charge on any atom is 0.284 e. The largest absolute Gasteiger partial charge is 0.714 e. The van der Waals surface area contributed by atoms with Crippen LogP contribution in [0.3, 0.4) is 0 Å². The fourth-order valence-corrected chi connectivity index (χ4v) is 3.83. The molecule has 0 aliphatic carbocycles. The molecular weight excluding hydrogens is 402 g/mol. The average molecular weight is 422 g/mol. The molecule has 0 aromatic heterocycles. The molecule has 1 rings (SSSR count). The number of ether oxygens (including phenoxy) is 1. The quantitative estimate of drug-likeness (QED) is 0.106. The van der Waals surface area contributed by atoms with Gasteiger partial charge >= 0.3 is 0 Å². The Morgan fingerprint density at radius 3 is 2.48 bits per heavy atom. The Bertz CT molecular complexity index is 581. The molecule has 1 heterocycles. The van der Waals surface area contributed by atoms with Gasteiger partial charge < -0.3 is 29.7 Å². The number of thioether (sulfide) groups is 1. The van der Waals surface area contributed by atoms with Gasteiger partial charge in [0, 0.05) is 29.2 Å². The van der Waals surface area contributed by atoms with Crippen LogP contribution in [-0.4, -0.2) is 91.1 Å². The summed E-state index contributed by atoms with van der Waals surface area (Å²) in [4.78, 5) is 0. The highest BCUT2D eigenvalue weighted by atomic mass is 32.3. The van der Waals surface area contributed by atoms with Crippen molar-refractivity contribution in [1.82, 2.24) is 0 Å². The topological polar surface area (TPSA) is 186 Å². The van der Waals surface area contributed by atoms with Crippen molar-refractivity contribution in [2.24, 2.45) is 5.16 Å². The van der Waals surface area contributed by atoms with E-state index >= 15 is 0 Å². The Labute approximate surface area is 151 Å². The summed E-state index contributed by atoms with van der Waals surface area (Å²) in [7, 11) is -6.20. The van der Waals surface area contributed by atoms with Crippen LogP contribution in [0.4, 0.5) is 0 Å². The molecule has 11 nitrogen and oxygen atoms in total. The first kappa shape index (κ1) is 22.7. The number of rotatable bonds is 8. The Balaban J connectivity index is 2.85. The van der Waals surface area contributed by atoms with Crippen molar-refractivity contribution in [2.45, 2.75) is 42.7 Å². The van der Waals surface area contributed by atoms with E-state index in [1.807, 2.05) is 0 Å². The molecule has 0 bridgehead atoms. The van der Waals surface area contributed by atoms with E-state index in [-0.39, 0.29) is 17.2 Å². The molecular formula is C11H20NO10S3-.